The molecule has 0 spiro atoms. The van der Waals surface area contributed by atoms with E-state index in [1.807, 2.05) is 67.6 Å². The molecule has 3 aromatic rings. The van der Waals surface area contributed by atoms with Gasteiger partial charge in [-0.1, -0.05) is 78.4 Å². The second-order valence-electron chi connectivity index (χ2n) is 6.21. The number of hydrogen-bond donors (Lipinski definition) is 1. The van der Waals surface area contributed by atoms with Gasteiger partial charge in [0, 0.05) is 0 Å². The molecule has 0 amide bonds. The van der Waals surface area contributed by atoms with Crippen molar-refractivity contribution < 1.29 is 8.42 Å². The average Bonchev–Trinajstić information content (AvgIpc) is 2.67. The molecular weight excluding hydrogens is 344 g/mol. The predicted molar refractivity (Wildman–Crippen MR) is 103 cm³/mol. The van der Waals surface area contributed by atoms with Gasteiger partial charge < -0.3 is 0 Å². The second kappa shape index (κ2) is 7.83. The lowest BCUT2D eigenvalue weighted by molar-refractivity contribution is 0.495. The average molecular weight is 365 g/mol. The Bertz CT molecular complexity index is 940. The molecule has 0 saturated carbocycles. The van der Waals surface area contributed by atoms with Crippen molar-refractivity contribution in [3.05, 3.63) is 102 Å². The molecule has 2 N–H and O–H groups in total. The van der Waals surface area contributed by atoms with Crippen LogP contribution < -0.4 is 10.5 Å². The summed E-state index contributed by atoms with van der Waals surface area (Å²) in [5.41, 5.74) is 11.2. The van der Waals surface area contributed by atoms with Gasteiger partial charge in [0.05, 0.1) is 17.0 Å². The Morgan fingerprint density at radius 3 is 1.81 bits per heavy atom. The molecule has 0 heterocycles. The summed E-state index contributed by atoms with van der Waals surface area (Å²) in [7, 11) is -3.75. The normalized spacial score (nSPS) is 13.9. The summed E-state index contributed by atoms with van der Waals surface area (Å²) in [4.78, 5) is 0.198. The zero-order valence-corrected chi connectivity index (χ0v) is 15.3. The molecule has 0 aliphatic heterocycles. The molecule has 0 bridgehead atoms. The van der Waals surface area contributed by atoms with E-state index in [0.29, 0.717) is 0 Å². The van der Waals surface area contributed by atoms with E-state index in [0.717, 1.165) is 16.7 Å². The quantitative estimate of drug-likeness (QED) is 0.716. The molecule has 0 unspecified atom stereocenters. The minimum atomic E-state index is -3.75. The van der Waals surface area contributed by atoms with Crippen LogP contribution in [0.3, 0.4) is 0 Å². The van der Waals surface area contributed by atoms with Crippen LogP contribution in [0.15, 0.2) is 89.8 Å². The van der Waals surface area contributed by atoms with Gasteiger partial charge in [-0.25, -0.2) is 18.9 Å². The molecule has 5 heteroatoms. The molecule has 0 fully saturated rings. The fourth-order valence-electron chi connectivity index (χ4n) is 2.79. The van der Waals surface area contributed by atoms with Crippen molar-refractivity contribution in [1.82, 2.24) is 10.5 Å². The topological polar surface area (TPSA) is 70.0 Å². The first kappa shape index (κ1) is 18.3. The molecule has 3 rings (SSSR count). The summed E-state index contributed by atoms with van der Waals surface area (Å²) in [6, 6.07) is 23.8. The third-order valence-corrected chi connectivity index (χ3v) is 5.72. The molecule has 26 heavy (non-hydrogen) atoms. The lowest BCUT2D eigenvalue weighted by Crippen LogP contribution is -2.33. The Balaban J connectivity index is 1.97. The Labute approximate surface area is 154 Å². The molecular formula is C21H21N2O2S. The minimum absolute atomic E-state index is 0.198. The number of nitrogens with one attached hydrogen (secondary N) is 2. The van der Waals surface area contributed by atoms with E-state index in [2.05, 4.69) is 4.72 Å². The third-order valence-electron chi connectivity index (χ3n) is 4.26. The number of sulfonamides is 1. The summed E-state index contributed by atoms with van der Waals surface area (Å²) in [5.74, 6) is 0. The Morgan fingerprint density at radius 1 is 0.769 bits per heavy atom. The number of aryl methyl sites for hydroxylation is 1. The maximum atomic E-state index is 12.9. The molecule has 0 aromatic heterocycles. The fraction of sp³-hybridized carbons (Fsp3) is 0.143. The monoisotopic (exact) mass is 365 g/mol. The highest BCUT2D eigenvalue weighted by Crippen LogP contribution is 2.29. The minimum Gasteiger partial charge on any atom is -0.248 e. The number of benzene rings is 3. The van der Waals surface area contributed by atoms with Crippen molar-refractivity contribution in [3.63, 3.8) is 0 Å². The molecule has 3 aromatic carbocycles. The molecule has 4 nitrogen and oxygen atoms in total. The maximum Gasteiger partial charge on any atom is 0.241 e. The molecule has 0 aliphatic rings. The van der Waals surface area contributed by atoms with Crippen LogP contribution in [-0.4, -0.2) is 8.42 Å². The SMILES string of the molecule is Cc1ccc(S(=O)(=O)N[C@@H](c2ccccc2)[C@@H]([NH])c2ccccc2)cc1. The van der Waals surface area contributed by atoms with Crippen molar-refractivity contribution in [2.75, 3.05) is 0 Å². The lowest BCUT2D eigenvalue weighted by atomic mass is 9.95. The maximum absolute atomic E-state index is 12.9. The van der Waals surface area contributed by atoms with Crippen LogP contribution in [0.25, 0.3) is 0 Å². The van der Waals surface area contributed by atoms with Crippen LogP contribution in [0.1, 0.15) is 28.8 Å². The van der Waals surface area contributed by atoms with Gasteiger partial charge in [-0.05, 0) is 30.2 Å². The van der Waals surface area contributed by atoms with Crippen LogP contribution >= 0.6 is 0 Å². The molecule has 1 radical (unpaired) electrons. The van der Waals surface area contributed by atoms with Gasteiger partial charge >= 0.3 is 0 Å². The van der Waals surface area contributed by atoms with Crippen molar-refractivity contribution in [1.29, 1.82) is 0 Å². The third kappa shape index (κ3) is 4.19. The van der Waals surface area contributed by atoms with E-state index < -0.39 is 22.1 Å². The summed E-state index contributed by atoms with van der Waals surface area (Å²) in [6.07, 6.45) is 0. The van der Waals surface area contributed by atoms with Crippen molar-refractivity contribution in [3.8, 4) is 0 Å². The Hall–Kier alpha value is -2.47. The van der Waals surface area contributed by atoms with Gasteiger partial charge in [-0.15, -0.1) is 0 Å². The van der Waals surface area contributed by atoms with E-state index >= 15 is 0 Å². The lowest BCUT2D eigenvalue weighted by Gasteiger charge is -2.25. The molecule has 2 atom stereocenters. The second-order valence-corrected chi connectivity index (χ2v) is 7.93. The highest BCUT2D eigenvalue weighted by molar-refractivity contribution is 7.89. The van der Waals surface area contributed by atoms with E-state index in [4.69, 9.17) is 5.73 Å². The van der Waals surface area contributed by atoms with Crippen LogP contribution in [0, 0.1) is 6.92 Å². The fourth-order valence-corrected chi connectivity index (χ4v) is 4.03. The van der Waals surface area contributed by atoms with Crippen molar-refractivity contribution >= 4 is 10.0 Å². The predicted octanol–water partition coefficient (Wildman–Crippen LogP) is 4.04. The van der Waals surface area contributed by atoms with Gasteiger partial charge in [0.2, 0.25) is 10.0 Å². The Morgan fingerprint density at radius 2 is 1.27 bits per heavy atom. The van der Waals surface area contributed by atoms with Crippen LogP contribution in [-0.2, 0) is 10.0 Å². The summed E-state index contributed by atoms with van der Waals surface area (Å²) in [5, 5.41) is 0. The molecule has 133 valence electrons. The first-order chi connectivity index (χ1) is 12.5. The van der Waals surface area contributed by atoms with Gasteiger partial charge in [0.15, 0.2) is 0 Å². The number of hydrogen-bond acceptors (Lipinski definition) is 2. The van der Waals surface area contributed by atoms with E-state index in [-0.39, 0.29) is 4.90 Å². The van der Waals surface area contributed by atoms with Crippen molar-refractivity contribution in [2.24, 2.45) is 0 Å². The smallest absolute Gasteiger partial charge is 0.241 e. The first-order valence-electron chi connectivity index (χ1n) is 8.37. The highest BCUT2D eigenvalue weighted by atomic mass is 32.2. The van der Waals surface area contributed by atoms with E-state index in [1.165, 1.54) is 0 Å². The van der Waals surface area contributed by atoms with Gasteiger partial charge in [0.1, 0.15) is 0 Å². The zero-order valence-electron chi connectivity index (χ0n) is 14.5. The summed E-state index contributed by atoms with van der Waals surface area (Å²) in [6.45, 7) is 1.91. The van der Waals surface area contributed by atoms with Crippen LogP contribution in [0.5, 0.6) is 0 Å². The summed E-state index contributed by atoms with van der Waals surface area (Å²) >= 11 is 0. The van der Waals surface area contributed by atoms with Gasteiger partial charge in [-0.2, -0.15) is 0 Å². The Kier molecular flexibility index (Phi) is 5.52. The van der Waals surface area contributed by atoms with Crippen LogP contribution in [0.2, 0.25) is 0 Å². The zero-order chi connectivity index (χ0) is 18.6. The van der Waals surface area contributed by atoms with Crippen LogP contribution in [0.4, 0.5) is 0 Å². The van der Waals surface area contributed by atoms with Gasteiger partial charge in [-0.3, -0.25) is 0 Å². The summed E-state index contributed by atoms with van der Waals surface area (Å²) < 4.78 is 28.5. The molecule has 0 aliphatic carbocycles. The first-order valence-corrected chi connectivity index (χ1v) is 9.86. The van der Waals surface area contributed by atoms with E-state index in [9.17, 15) is 8.42 Å². The van der Waals surface area contributed by atoms with E-state index in [1.54, 1.807) is 24.3 Å². The highest BCUT2D eigenvalue weighted by Gasteiger charge is 2.27. The van der Waals surface area contributed by atoms with Gasteiger partial charge in [0.25, 0.3) is 0 Å². The number of rotatable bonds is 6. The standard InChI is InChI=1S/C21H21N2O2S/c1-16-12-14-19(15-13-16)26(24,25)23-21(18-10-6-3-7-11-18)20(22)17-8-4-2-5-9-17/h2-15,20-23H,1H3/t20-,21-/m0/s1. The largest absolute Gasteiger partial charge is 0.248 e. The molecule has 0 saturated heterocycles. The van der Waals surface area contributed by atoms with Crippen molar-refractivity contribution in [2.45, 2.75) is 23.9 Å².